The Labute approximate surface area is 143 Å². The number of hydrogen-bond acceptors (Lipinski definition) is 3. The fraction of sp³-hybridized carbons (Fsp3) is 0.556. The van der Waals surface area contributed by atoms with E-state index in [4.69, 9.17) is 4.74 Å². The summed E-state index contributed by atoms with van der Waals surface area (Å²) in [6.45, 7) is 0.0618. The first-order chi connectivity index (χ1) is 11.9. The van der Waals surface area contributed by atoms with Gasteiger partial charge in [0.15, 0.2) is 0 Å². The predicted octanol–water partition coefficient (Wildman–Crippen LogP) is 4.09. The van der Waals surface area contributed by atoms with Gasteiger partial charge >= 0.3 is 12.3 Å². The molecule has 2 fully saturated rings. The number of hydrogen-bond donors (Lipinski definition) is 0. The van der Waals surface area contributed by atoms with E-state index in [1.54, 1.807) is 12.1 Å². The maximum absolute atomic E-state index is 13.2. The summed E-state index contributed by atoms with van der Waals surface area (Å²) in [5.41, 5.74) is 0.806. The molecule has 1 aromatic carbocycles. The number of Topliss-reactive ketones (excluding diaryl/α,β-unsaturated/α-hetero) is 1. The highest BCUT2D eigenvalue weighted by Gasteiger charge is 2.51. The van der Waals surface area contributed by atoms with E-state index in [0.29, 0.717) is 12.8 Å². The first-order valence-corrected chi connectivity index (χ1v) is 8.44. The van der Waals surface area contributed by atoms with Crippen LogP contribution in [0.3, 0.4) is 0 Å². The Morgan fingerprint density at radius 1 is 1.16 bits per heavy atom. The van der Waals surface area contributed by atoms with Gasteiger partial charge < -0.3 is 9.64 Å². The lowest BCUT2D eigenvalue weighted by molar-refractivity contribution is -0.183. The molecule has 0 radical (unpaired) electrons. The average molecular weight is 355 g/mol. The van der Waals surface area contributed by atoms with Gasteiger partial charge in [0.05, 0.1) is 0 Å². The van der Waals surface area contributed by atoms with Gasteiger partial charge in [0.25, 0.3) is 0 Å². The molecule has 2 aliphatic heterocycles. The molecule has 3 unspecified atom stereocenters. The summed E-state index contributed by atoms with van der Waals surface area (Å²) >= 11 is 0. The summed E-state index contributed by atoms with van der Waals surface area (Å²) in [4.78, 5) is 25.9. The van der Waals surface area contributed by atoms with Gasteiger partial charge in [-0.05, 0) is 31.2 Å². The third kappa shape index (κ3) is 3.96. The molecule has 0 spiro atoms. The van der Waals surface area contributed by atoms with Gasteiger partial charge in [-0.15, -0.1) is 0 Å². The Balaban J connectivity index is 1.74. The molecule has 136 valence electrons. The summed E-state index contributed by atoms with van der Waals surface area (Å²) in [7, 11) is 0. The van der Waals surface area contributed by atoms with Crippen molar-refractivity contribution < 1.29 is 27.5 Å². The highest BCUT2D eigenvalue weighted by atomic mass is 19.4. The van der Waals surface area contributed by atoms with Gasteiger partial charge in [-0.25, -0.2) is 4.79 Å². The molecule has 0 N–H and O–H groups in total. The summed E-state index contributed by atoms with van der Waals surface area (Å²) in [6, 6.07) is 7.99. The lowest BCUT2D eigenvalue weighted by Gasteiger charge is -2.39. The second-order valence-electron chi connectivity index (χ2n) is 6.69. The second kappa shape index (κ2) is 7.06. The van der Waals surface area contributed by atoms with Gasteiger partial charge in [-0.1, -0.05) is 30.3 Å². The molecule has 2 saturated heterocycles. The van der Waals surface area contributed by atoms with Crippen molar-refractivity contribution in [2.24, 2.45) is 5.92 Å². The SMILES string of the molecule is O=C1CC2CCCC(CC1C(F)(F)F)N2C(=O)OCc1ccccc1. The van der Waals surface area contributed by atoms with Crippen molar-refractivity contribution in [3.63, 3.8) is 0 Å². The smallest absolute Gasteiger partial charge is 0.410 e. The monoisotopic (exact) mass is 355 g/mol. The third-order valence-corrected chi connectivity index (χ3v) is 5.01. The van der Waals surface area contributed by atoms with Crippen molar-refractivity contribution in [2.45, 2.75) is 57.0 Å². The Kier molecular flexibility index (Phi) is 5.01. The van der Waals surface area contributed by atoms with Crippen molar-refractivity contribution in [1.82, 2.24) is 4.90 Å². The van der Waals surface area contributed by atoms with Gasteiger partial charge in [-0.2, -0.15) is 13.2 Å². The molecule has 0 saturated carbocycles. The average Bonchev–Trinajstić information content (AvgIpc) is 2.65. The molecule has 25 heavy (non-hydrogen) atoms. The van der Waals surface area contributed by atoms with Crippen LogP contribution in [0.2, 0.25) is 0 Å². The normalized spacial score (nSPS) is 26.9. The molecular weight excluding hydrogens is 335 g/mol. The van der Waals surface area contributed by atoms with Crippen molar-refractivity contribution in [3.8, 4) is 0 Å². The number of carbonyl (C=O) groups excluding carboxylic acids is 2. The molecule has 0 aromatic heterocycles. The van der Waals surface area contributed by atoms with Crippen molar-refractivity contribution in [2.75, 3.05) is 0 Å². The van der Waals surface area contributed by atoms with Gasteiger partial charge in [0, 0.05) is 18.5 Å². The van der Waals surface area contributed by atoms with Crippen LogP contribution in [0.1, 0.15) is 37.7 Å². The number of alkyl halides is 3. The maximum atomic E-state index is 13.2. The number of ketones is 1. The molecule has 2 heterocycles. The highest BCUT2D eigenvalue weighted by Crippen LogP contribution is 2.40. The fourth-order valence-electron chi connectivity index (χ4n) is 3.78. The van der Waals surface area contributed by atoms with Crippen LogP contribution in [-0.4, -0.2) is 35.0 Å². The van der Waals surface area contributed by atoms with E-state index >= 15 is 0 Å². The van der Waals surface area contributed by atoms with Crippen LogP contribution >= 0.6 is 0 Å². The first kappa shape index (κ1) is 17.8. The van der Waals surface area contributed by atoms with Crippen LogP contribution in [-0.2, 0) is 16.1 Å². The molecule has 1 amide bonds. The predicted molar refractivity (Wildman–Crippen MR) is 83.7 cm³/mol. The van der Waals surface area contributed by atoms with Crippen molar-refractivity contribution in [1.29, 1.82) is 0 Å². The van der Waals surface area contributed by atoms with Crippen molar-refractivity contribution >= 4 is 11.9 Å². The minimum atomic E-state index is -4.56. The first-order valence-electron chi connectivity index (χ1n) is 8.44. The van der Waals surface area contributed by atoms with E-state index in [1.807, 2.05) is 18.2 Å². The largest absolute Gasteiger partial charge is 0.445 e. The molecule has 2 bridgehead atoms. The summed E-state index contributed by atoms with van der Waals surface area (Å²) < 4.78 is 44.8. The Morgan fingerprint density at radius 3 is 2.52 bits per heavy atom. The zero-order valence-corrected chi connectivity index (χ0v) is 13.7. The van der Waals surface area contributed by atoms with E-state index in [2.05, 4.69) is 0 Å². The summed E-state index contributed by atoms with van der Waals surface area (Å²) in [5, 5.41) is 0. The number of halogens is 3. The molecule has 4 nitrogen and oxygen atoms in total. The molecule has 7 heteroatoms. The summed E-state index contributed by atoms with van der Waals surface area (Å²) in [5.74, 6) is -2.80. The Morgan fingerprint density at radius 2 is 1.84 bits per heavy atom. The zero-order chi connectivity index (χ0) is 18.0. The summed E-state index contributed by atoms with van der Waals surface area (Å²) in [6.07, 6.45) is -4.08. The quantitative estimate of drug-likeness (QED) is 0.803. The second-order valence-corrected chi connectivity index (χ2v) is 6.69. The molecule has 2 aliphatic rings. The molecule has 3 atom stereocenters. The molecular formula is C18H20F3NO3. The van der Waals surface area contributed by atoms with Gasteiger partial charge in [0.1, 0.15) is 18.3 Å². The van der Waals surface area contributed by atoms with Gasteiger partial charge in [0.2, 0.25) is 0 Å². The number of nitrogens with zero attached hydrogens (tertiary/aromatic N) is 1. The van der Waals surface area contributed by atoms with E-state index in [-0.39, 0.29) is 19.4 Å². The van der Waals surface area contributed by atoms with E-state index < -0.39 is 36.1 Å². The van der Waals surface area contributed by atoms with Gasteiger partial charge in [-0.3, -0.25) is 4.79 Å². The van der Waals surface area contributed by atoms with Crippen LogP contribution in [0.4, 0.5) is 18.0 Å². The van der Waals surface area contributed by atoms with Crippen LogP contribution in [0.25, 0.3) is 0 Å². The third-order valence-electron chi connectivity index (χ3n) is 5.01. The number of ether oxygens (including phenoxy) is 1. The fourth-order valence-corrected chi connectivity index (χ4v) is 3.78. The molecule has 3 rings (SSSR count). The van der Waals surface area contributed by atoms with E-state index in [0.717, 1.165) is 12.0 Å². The zero-order valence-electron chi connectivity index (χ0n) is 13.7. The number of piperidine rings is 1. The highest BCUT2D eigenvalue weighted by molar-refractivity contribution is 5.84. The molecule has 0 aliphatic carbocycles. The number of carbonyl (C=O) groups is 2. The van der Waals surface area contributed by atoms with Crippen molar-refractivity contribution in [3.05, 3.63) is 35.9 Å². The van der Waals surface area contributed by atoms with Crippen LogP contribution in [0, 0.1) is 5.92 Å². The minimum Gasteiger partial charge on any atom is -0.445 e. The Hall–Kier alpha value is -2.05. The lowest BCUT2D eigenvalue weighted by Crippen LogP contribution is -2.49. The minimum absolute atomic E-state index is 0.0618. The number of amides is 1. The number of fused-ring (bicyclic) bond motifs is 2. The molecule has 1 aromatic rings. The topological polar surface area (TPSA) is 46.6 Å². The maximum Gasteiger partial charge on any atom is 0.410 e. The van der Waals surface area contributed by atoms with Crippen LogP contribution < -0.4 is 0 Å². The Bertz CT molecular complexity index is 632. The van der Waals surface area contributed by atoms with Crippen LogP contribution in [0.5, 0.6) is 0 Å². The van der Waals surface area contributed by atoms with E-state index in [1.165, 1.54) is 4.90 Å². The van der Waals surface area contributed by atoms with E-state index in [9.17, 15) is 22.8 Å². The number of rotatable bonds is 2. The standard InChI is InChI=1S/C18H20F3NO3/c19-18(20,21)15-9-13-7-4-8-14(10-16(15)23)22(13)17(24)25-11-12-5-2-1-3-6-12/h1-3,5-6,13-15H,4,7-11H2. The van der Waals surface area contributed by atoms with Crippen LogP contribution in [0.15, 0.2) is 30.3 Å². The lowest BCUT2D eigenvalue weighted by atomic mass is 9.93. The number of benzene rings is 1.